The predicted molar refractivity (Wildman–Crippen MR) is 141 cm³/mol. The van der Waals surface area contributed by atoms with E-state index in [2.05, 4.69) is 76.9 Å². The number of benzene rings is 2. The van der Waals surface area contributed by atoms with Gasteiger partial charge in [0.1, 0.15) is 29.8 Å². The molecule has 0 fully saturated rings. The number of fused-ring (bicyclic) bond motifs is 2. The van der Waals surface area contributed by atoms with Crippen molar-refractivity contribution in [1.29, 1.82) is 0 Å². The highest BCUT2D eigenvalue weighted by atomic mass is 16.5. The van der Waals surface area contributed by atoms with Crippen LogP contribution in [-0.4, -0.2) is 52.1 Å². The van der Waals surface area contributed by atoms with E-state index in [9.17, 15) is 0 Å². The van der Waals surface area contributed by atoms with E-state index in [-0.39, 0.29) is 0 Å². The van der Waals surface area contributed by atoms with Gasteiger partial charge in [0.05, 0.1) is 24.1 Å². The molecule has 2 aromatic carbocycles. The average Bonchev–Trinajstić information content (AvgIpc) is 3.03. The molecule has 1 aliphatic heterocycles. The van der Waals surface area contributed by atoms with Crippen molar-refractivity contribution in [2.75, 3.05) is 32.1 Å². The van der Waals surface area contributed by atoms with Gasteiger partial charge in [0.25, 0.3) is 0 Å². The van der Waals surface area contributed by atoms with Crippen LogP contribution in [0.2, 0.25) is 0 Å². The van der Waals surface area contributed by atoms with Crippen LogP contribution >= 0.6 is 0 Å². The number of anilines is 1. The molecule has 2 aromatic heterocycles. The Balaban J connectivity index is 1.53. The van der Waals surface area contributed by atoms with E-state index in [4.69, 9.17) is 14.7 Å². The smallest absolute Gasteiger partial charge is 0.144 e. The van der Waals surface area contributed by atoms with Gasteiger partial charge in [-0.1, -0.05) is 26.0 Å². The fraction of sp³-hybridized carbons (Fsp3) is 0.393. The lowest BCUT2D eigenvalue weighted by atomic mass is 10.00. The van der Waals surface area contributed by atoms with E-state index >= 15 is 0 Å². The average molecular weight is 471 g/mol. The Morgan fingerprint density at radius 1 is 1.03 bits per heavy atom. The minimum atomic E-state index is 0.331. The highest BCUT2D eigenvalue weighted by molar-refractivity contribution is 5.82. The number of aryl methyl sites for hydroxylation is 2. The quantitative estimate of drug-likeness (QED) is 0.431. The molecule has 5 rings (SSSR count). The third kappa shape index (κ3) is 4.73. The molecule has 3 heterocycles. The topological polar surface area (TPSA) is 70.2 Å². The van der Waals surface area contributed by atoms with Crippen LogP contribution < -0.4 is 9.64 Å². The standard InChI is InChI=1S/C28H34N6O/c1-17(2)27-18(3)29-26(16-33(5)6)32-28(27)34-11-12-35-25-10-8-20(13-22(25)15-34)21-7-9-23-24(14-21)31-19(4)30-23/h7-10,13-14,17H,11-12,15-16H2,1-6H3,(H,30,31). The summed E-state index contributed by atoms with van der Waals surface area (Å²) in [6.07, 6.45) is 0. The zero-order valence-electron chi connectivity index (χ0n) is 21.5. The molecule has 1 N–H and O–H groups in total. The van der Waals surface area contributed by atoms with Gasteiger partial charge in [0, 0.05) is 23.4 Å². The predicted octanol–water partition coefficient (Wildman–Crippen LogP) is 5.22. The fourth-order valence-electron chi connectivity index (χ4n) is 4.97. The maximum Gasteiger partial charge on any atom is 0.144 e. The van der Waals surface area contributed by atoms with Crippen LogP contribution in [0.1, 0.15) is 48.2 Å². The van der Waals surface area contributed by atoms with Crippen molar-refractivity contribution < 1.29 is 4.74 Å². The highest BCUT2D eigenvalue weighted by Crippen LogP contribution is 2.34. The summed E-state index contributed by atoms with van der Waals surface area (Å²) in [6, 6.07) is 12.9. The third-order valence-electron chi connectivity index (χ3n) is 6.47. The fourth-order valence-corrected chi connectivity index (χ4v) is 4.97. The molecule has 0 radical (unpaired) electrons. The number of imidazole rings is 1. The van der Waals surface area contributed by atoms with E-state index in [1.54, 1.807) is 0 Å². The summed E-state index contributed by atoms with van der Waals surface area (Å²) in [7, 11) is 4.10. The van der Waals surface area contributed by atoms with Gasteiger partial charge in [-0.15, -0.1) is 0 Å². The van der Waals surface area contributed by atoms with Crippen LogP contribution in [0.5, 0.6) is 5.75 Å². The number of aromatic amines is 1. The number of aromatic nitrogens is 4. The Kier molecular flexibility index (Phi) is 6.19. The Morgan fingerprint density at radius 2 is 1.80 bits per heavy atom. The first kappa shape index (κ1) is 23.3. The van der Waals surface area contributed by atoms with Crippen LogP contribution in [0.3, 0.4) is 0 Å². The van der Waals surface area contributed by atoms with Gasteiger partial charge in [-0.3, -0.25) is 0 Å². The number of nitrogens with one attached hydrogen (secondary N) is 1. The van der Waals surface area contributed by atoms with E-state index in [1.807, 2.05) is 21.0 Å². The number of hydrogen-bond donors (Lipinski definition) is 1. The van der Waals surface area contributed by atoms with Gasteiger partial charge in [0.15, 0.2) is 0 Å². The van der Waals surface area contributed by atoms with E-state index in [0.29, 0.717) is 19.1 Å². The molecule has 7 heteroatoms. The van der Waals surface area contributed by atoms with Crippen LogP contribution in [0.15, 0.2) is 36.4 Å². The minimum absolute atomic E-state index is 0.331. The van der Waals surface area contributed by atoms with Gasteiger partial charge < -0.3 is 19.5 Å². The summed E-state index contributed by atoms with van der Waals surface area (Å²) >= 11 is 0. The summed E-state index contributed by atoms with van der Waals surface area (Å²) in [6.45, 7) is 11.4. The van der Waals surface area contributed by atoms with Crippen LogP contribution in [-0.2, 0) is 13.1 Å². The summed E-state index contributed by atoms with van der Waals surface area (Å²) in [5.74, 6) is 4.09. The van der Waals surface area contributed by atoms with E-state index in [0.717, 1.165) is 58.6 Å². The highest BCUT2D eigenvalue weighted by Gasteiger charge is 2.24. The minimum Gasteiger partial charge on any atom is -0.491 e. The summed E-state index contributed by atoms with van der Waals surface area (Å²) in [5.41, 5.74) is 7.81. The normalized spacial score (nSPS) is 13.9. The summed E-state index contributed by atoms with van der Waals surface area (Å²) in [5, 5.41) is 0. The molecule has 1 aliphatic rings. The lowest BCUT2D eigenvalue weighted by molar-refractivity contribution is 0.331. The second-order valence-corrected chi connectivity index (χ2v) is 10.0. The monoisotopic (exact) mass is 470 g/mol. The number of nitrogens with zero attached hydrogens (tertiary/aromatic N) is 5. The van der Waals surface area contributed by atoms with Crippen molar-refractivity contribution in [2.45, 2.75) is 46.7 Å². The van der Waals surface area contributed by atoms with Gasteiger partial charge in [-0.05, 0) is 69.3 Å². The largest absolute Gasteiger partial charge is 0.491 e. The molecule has 4 aromatic rings. The maximum atomic E-state index is 6.18. The second kappa shape index (κ2) is 9.30. The van der Waals surface area contributed by atoms with E-state index < -0.39 is 0 Å². The van der Waals surface area contributed by atoms with Crippen molar-refractivity contribution in [3.8, 4) is 16.9 Å². The molecule has 0 aliphatic carbocycles. The van der Waals surface area contributed by atoms with Crippen LogP contribution in [0.25, 0.3) is 22.2 Å². The first-order valence-corrected chi connectivity index (χ1v) is 12.3. The van der Waals surface area contributed by atoms with Gasteiger partial charge in [0.2, 0.25) is 0 Å². The summed E-state index contributed by atoms with van der Waals surface area (Å²) < 4.78 is 6.18. The molecular weight excluding hydrogens is 436 g/mol. The Hall–Kier alpha value is -3.45. The van der Waals surface area contributed by atoms with Crippen molar-refractivity contribution in [3.63, 3.8) is 0 Å². The molecule has 0 saturated heterocycles. The Labute approximate surface area is 207 Å². The lowest BCUT2D eigenvalue weighted by Gasteiger charge is -2.27. The molecule has 7 nitrogen and oxygen atoms in total. The molecular formula is C28H34N6O. The van der Waals surface area contributed by atoms with Crippen molar-refractivity contribution in [1.82, 2.24) is 24.8 Å². The molecule has 0 amide bonds. The first-order chi connectivity index (χ1) is 16.8. The molecule has 0 atom stereocenters. The van der Waals surface area contributed by atoms with Gasteiger partial charge in [-0.2, -0.15) is 0 Å². The number of H-pyrrole nitrogens is 1. The molecule has 35 heavy (non-hydrogen) atoms. The van der Waals surface area contributed by atoms with Crippen molar-refractivity contribution in [3.05, 3.63) is 64.9 Å². The first-order valence-electron chi connectivity index (χ1n) is 12.3. The third-order valence-corrected chi connectivity index (χ3v) is 6.47. The Morgan fingerprint density at radius 3 is 2.57 bits per heavy atom. The van der Waals surface area contributed by atoms with E-state index in [1.165, 1.54) is 16.7 Å². The van der Waals surface area contributed by atoms with Crippen LogP contribution in [0.4, 0.5) is 5.82 Å². The second-order valence-electron chi connectivity index (χ2n) is 10.0. The number of rotatable bonds is 5. The van der Waals surface area contributed by atoms with Gasteiger partial charge >= 0.3 is 0 Å². The van der Waals surface area contributed by atoms with Gasteiger partial charge in [-0.25, -0.2) is 15.0 Å². The Bertz CT molecular complexity index is 1370. The SMILES string of the molecule is Cc1nc2ccc(-c3ccc4c(c3)CN(c3nc(CN(C)C)nc(C)c3C(C)C)CCO4)cc2[nH]1. The number of ether oxygens (including phenoxy) is 1. The van der Waals surface area contributed by atoms with Crippen LogP contribution in [0, 0.1) is 13.8 Å². The molecule has 0 unspecified atom stereocenters. The summed E-state index contributed by atoms with van der Waals surface area (Å²) in [4.78, 5) is 22.2. The molecule has 182 valence electrons. The molecule has 0 bridgehead atoms. The van der Waals surface area contributed by atoms with Crippen molar-refractivity contribution in [2.24, 2.45) is 0 Å². The lowest BCUT2D eigenvalue weighted by Crippen LogP contribution is -2.29. The zero-order valence-corrected chi connectivity index (χ0v) is 21.5. The zero-order chi connectivity index (χ0) is 24.7. The molecule has 0 saturated carbocycles. The molecule has 0 spiro atoms. The number of hydrogen-bond acceptors (Lipinski definition) is 6. The van der Waals surface area contributed by atoms with Crippen molar-refractivity contribution >= 4 is 16.9 Å². The maximum absolute atomic E-state index is 6.18.